The number of carbonyl (C=O) groups is 1. The summed E-state index contributed by atoms with van der Waals surface area (Å²) in [4.78, 5) is 13.1. The Kier molecular flexibility index (Phi) is 5.34. The molecular formula is C15H15ClN3OS+. The summed E-state index contributed by atoms with van der Waals surface area (Å²) in [5.74, 6) is -0.138. The molecule has 6 heteroatoms. The smallest absolute Gasteiger partial charge is 0.279 e. The Balaban J connectivity index is 1.95. The van der Waals surface area contributed by atoms with Gasteiger partial charge in [0.25, 0.3) is 5.91 Å². The third-order valence-electron chi connectivity index (χ3n) is 2.92. The van der Waals surface area contributed by atoms with Gasteiger partial charge >= 0.3 is 0 Å². The first-order valence-corrected chi connectivity index (χ1v) is 7.72. The van der Waals surface area contributed by atoms with Crippen molar-refractivity contribution in [2.24, 2.45) is 0 Å². The number of likely N-dealkylation sites (N-methyl/N-ethyl adjacent to an activating group) is 1. The molecule has 0 bridgehead atoms. The fraction of sp³-hybridized carbons (Fsp3) is 0.200. The molecular weight excluding hydrogens is 306 g/mol. The summed E-state index contributed by atoms with van der Waals surface area (Å²) in [6.45, 7) is 1.12. The molecule has 1 aromatic carbocycles. The number of rotatable bonds is 5. The molecule has 1 heterocycles. The lowest BCUT2D eigenvalue weighted by atomic mass is 10.2. The number of quaternary nitrogens is 1. The second-order valence-corrected chi connectivity index (χ2v) is 6.01. The first kappa shape index (κ1) is 15.5. The molecule has 1 amide bonds. The van der Waals surface area contributed by atoms with Crippen molar-refractivity contribution in [2.45, 2.75) is 6.54 Å². The van der Waals surface area contributed by atoms with Crippen LogP contribution in [0.2, 0.25) is 5.02 Å². The molecule has 0 aliphatic carbocycles. The predicted molar refractivity (Wildman–Crippen MR) is 84.6 cm³/mol. The topological polar surface area (TPSA) is 57.3 Å². The van der Waals surface area contributed by atoms with Crippen LogP contribution in [0, 0.1) is 11.3 Å². The van der Waals surface area contributed by atoms with Gasteiger partial charge in [-0.15, -0.1) is 0 Å². The van der Waals surface area contributed by atoms with Crippen LogP contribution < -0.4 is 10.2 Å². The third kappa shape index (κ3) is 4.57. The van der Waals surface area contributed by atoms with E-state index < -0.39 is 0 Å². The summed E-state index contributed by atoms with van der Waals surface area (Å²) in [5.41, 5.74) is 2.08. The van der Waals surface area contributed by atoms with Crippen molar-refractivity contribution in [1.29, 1.82) is 5.26 Å². The molecule has 1 unspecified atom stereocenters. The van der Waals surface area contributed by atoms with Crippen molar-refractivity contribution in [3.05, 3.63) is 51.2 Å². The van der Waals surface area contributed by atoms with E-state index >= 15 is 0 Å². The van der Waals surface area contributed by atoms with Gasteiger partial charge in [0.1, 0.15) is 12.6 Å². The first-order valence-electron chi connectivity index (χ1n) is 6.40. The Labute approximate surface area is 132 Å². The van der Waals surface area contributed by atoms with E-state index in [9.17, 15) is 4.79 Å². The van der Waals surface area contributed by atoms with E-state index in [2.05, 4.69) is 16.8 Å². The van der Waals surface area contributed by atoms with Crippen molar-refractivity contribution >= 4 is 34.5 Å². The molecule has 0 aliphatic heterocycles. The molecule has 0 spiro atoms. The van der Waals surface area contributed by atoms with Gasteiger partial charge in [0, 0.05) is 10.6 Å². The number of thiophene rings is 1. The number of nitrogens with zero attached hydrogens (tertiary/aromatic N) is 1. The monoisotopic (exact) mass is 320 g/mol. The summed E-state index contributed by atoms with van der Waals surface area (Å²) >= 11 is 7.54. The highest BCUT2D eigenvalue weighted by atomic mass is 35.5. The minimum atomic E-state index is -0.138. The van der Waals surface area contributed by atoms with Crippen molar-refractivity contribution in [1.82, 2.24) is 0 Å². The SMILES string of the molecule is C[NH+](CC(=O)Nc1cc(Cl)ccc1C#N)Cc1ccsc1. The number of hydrogen-bond donors (Lipinski definition) is 2. The van der Waals surface area contributed by atoms with Crippen LogP contribution >= 0.6 is 22.9 Å². The average molecular weight is 321 g/mol. The van der Waals surface area contributed by atoms with Gasteiger partial charge in [0.2, 0.25) is 0 Å². The standard InChI is InChI=1S/C15H14ClN3OS/c1-19(8-11-4-5-21-10-11)9-15(20)18-14-6-13(16)3-2-12(14)7-17/h2-6,10H,8-9H2,1H3,(H,18,20)/p+1. The molecule has 1 atom stereocenters. The van der Waals surface area contributed by atoms with Crippen molar-refractivity contribution in [2.75, 3.05) is 18.9 Å². The molecule has 2 rings (SSSR count). The number of amides is 1. The van der Waals surface area contributed by atoms with Crippen LogP contribution in [0.5, 0.6) is 0 Å². The Morgan fingerprint density at radius 3 is 2.95 bits per heavy atom. The Morgan fingerprint density at radius 1 is 1.48 bits per heavy atom. The number of halogens is 1. The molecule has 0 saturated carbocycles. The van der Waals surface area contributed by atoms with Crippen LogP contribution in [0.3, 0.4) is 0 Å². The van der Waals surface area contributed by atoms with Crippen LogP contribution in [0.1, 0.15) is 11.1 Å². The number of nitriles is 1. The Hall–Kier alpha value is -1.87. The van der Waals surface area contributed by atoms with Crippen molar-refractivity contribution in [3.8, 4) is 6.07 Å². The van der Waals surface area contributed by atoms with Gasteiger partial charge < -0.3 is 10.2 Å². The molecule has 2 N–H and O–H groups in total. The van der Waals surface area contributed by atoms with Crippen LogP contribution in [-0.2, 0) is 11.3 Å². The maximum atomic E-state index is 12.0. The number of hydrogen-bond acceptors (Lipinski definition) is 3. The number of benzene rings is 1. The molecule has 21 heavy (non-hydrogen) atoms. The lowest BCUT2D eigenvalue weighted by molar-refractivity contribution is -0.885. The summed E-state index contributed by atoms with van der Waals surface area (Å²) in [5, 5.41) is 16.4. The van der Waals surface area contributed by atoms with Gasteiger partial charge in [0.15, 0.2) is 6.54 Å². The normalized spacial score (nSPS) is 11.7. The van der Waals surface area contributed by atoms with Gasteiger partial charge in [-0.2, -0.15) is 16.6 Å². The summed E-state index contributed by atoms with van der Waals surface area (Å²) in [6.07, 6.45) is 0. The van der Waals surface area contributed by atoms with Gasteiger partial charge in [0.05, 0.1) is 18.3 Å². The van der Waals surface area contributed by atoms with Crippen LogP contribution in [0.15, 0.2) is 35.0 Å². The van der Waals surface area contributed by atoms with Crippen molar-refractivity contribution < 1.29 is 9.69 Å². The molecule has 108 valence electrons. The molecule has 2 aromatic rings. The van der Waals surface area contributed by atoms with E-state index in [1.165, 1.54) is 5.56 Å². The van der Waals surface area contributed by atoms with E-state index in [-0.39, 0.29) is 5.91 Å². The minimum Gasteiger partial charge on any atom is -0.326 e. The van der Waals surface area contributed by atoms with Crippen molar-refractivity contribution in [3.63, 3.8) is 0 Å². The number of carbonyl (C=O) groups excluding carboxylic acids is 1. The van der Waals surface area contributed by atoms with Gasteiger partial charge in [-0.1, -0.05) is 11.6 Å². The third-order valence-corrected chi connectivity index (χ3v) is 3.89. The quantitative estimate of drug-likeness (QED) is 0.884. The Bertz CT molecular complexity index is 664. The van der Waals surface area contributed by atoms with Gasteiger partial charge in [-0.05, 0) is 35.0 Å². The second-order valence-electron chi connectivity index (χ2n) is 4.79. The second kappa shape index (κ2) is 7.23. The predicted octanol–water partition coefficient (Wildman–Crippen LogP) is 1.93. The van der Waals surface area contributed by atoms with E-state index in [4.69, 9.17) is 16.9 Å². The number of nitrogens with one attached hydrogen (secondary N) is 2. The maximum Gasteiger partial charge on any atom is 0.279 e. The lowest BCUT2D eigenvalue weighted by Gasteiger charge is -2.13. The largest absolute Gasteiger partial charge is 0.326 e. The summed E-state index contributed by atoms with van der Waals surface area (Å²) < 4.78 is 0. The first-order chi connectivity index (χ1) is 10.1. The van der Waals surface area contributed by atoms with E-state index in [0.29, 0.717) is 22.8 Å². The Morgan fingerprint density at radius 2 is 2.29 bits per heavy atom. The molecule has 0 fully saturated rings. The molecule has 0 aliphatic rings. The summed E-state index contributed by atoms with van der Waals surface area (Å²) in [6, 6.07) is 8.91. The minimum absolute atomic E-state index is 0.138. The van der Waals surface area contributed by atoms with Crippen LogP contribution in [0.25, 0.3) is 0 Å². The molecule has 0 radical (unpaired) electrons. The zero-order valence-corrected chi connectivity index (χ0v) is 13.1. The zero-order chi connectivity index (χ0) is 15.2. The molecule has 1 aromatic heterocycles. The molecule has 0 saturated heterocycles. The highest BCUT2D eigenvalue weighted by Gasteiger charge is 2.13. The highest BCUT2D eigenvalue weighted by Crippen LogP contribution is 2.20. The summed E-state index contributed by atoms with van der Waals surface area (Å²) in [7, 11) is 1.96. The van der Waals surface area contributed by atoms with E-state index in [1.54, 1.807) is 29.5 Å². The molecule has 4 nitrogen and oxygen atoms in total. The van der Waals surface area contributed by atoms with E-state index in [0.717, 1.165) is 11.4 Å². The fourth-order valence-electron chi connectivity index (χ4n) is 1.99. The zero-order valence-electron chi connectivity index (χ0n) is 11.5. The number of anilines is 1. The lowest BCUT2D eigenvalue weighted by Crippen LogP contribution is -3.08. The van der Waals surface area contributed by atoms with Gasteiger partial charge in [-0.25, -0.2) is 0 Å². The average Bonchev–Trinajstić information content (AvgIpc) is 2.91. The van der Waals surface area contributed by atoms with Gasteiger partial charge in [-0.3, -0.25) is 4.79 Å². The maximum absolute atomic E-state index is 12.0. The van der Waals surface area contributed by atoms with Crippen LogP contribution in [0.4, 0.5) is 5.69 Å². The van der Waals surface area contributed by atoms with E-state index in [1.807, 2.05) is 18.5 Å². The fourth-order valence-corrected chi connectivity index (χ4v) is 2.83. The van der Waals surface area contributed by atoms with Crippen LogP contribution in [-0.4, -0.2) is 19.5 Å². The highest BCUT2D eigenvalue weighted by molar-refractivity contribution is 7.07.